The first-order valence-corrected chi connectivity index (χ1v) is 12.5. The zero-order chi connectivity index (χ0) is 22.1. The molecule has 1 N–H and O–H groups in total. The molecule has 0 aliphatic carbocycles. The third kappa shape index (κ3) is 4.79. The van der Waals surface area contributed by atoms with E-state index in [1.54, 1.807) is 0 Å². The summed E-state index contributed by atoms with van der Waals surface area (Å²) in [6.07, 6.45) is 1.05. The highest BCUT2D eigenvalue weighted by Crippen LogP contribution is 2.29. The van der Waals surface area contributed by atoms with Gasteiger partial charge in [0.1, 0.15) is 0 Å². The minimum atomic E-state index is -3.57. The maximum Gasteiger partial charge on any atom is 0.243 e. The quantitative estimate of drug-likeness (QED) is 0.660. The van der Waals surface area contributed by atoms with E-state index < -0.39 is 10.0 Å². The minimum absolute atomic E-state index is 0.0157. The smallest absolute Gasteiger partial charge is 0.243 e. The number of rotatable bonds is 5. The van der Waals surface area contributed by atoms with Crippen LogP contribution in [-0.4, -0.2) is 31.7 Å². The van der Waals surface area contributed by atoms with Crippen molar-refractivity contribution in [2.45, 2.75) is 51.5 Å². The van der Waals surface area contributed by atoms with Crippen molar-refractivity contribution < 1.29 is 13.2 Å². The topological polar surface area (TPSA) is 66.5 Å². The Morgan fingerprint density at radius 2 is 1.67 bits per heavy atom. The van der Waals surface area contributed by atoms with Gasteiger partial charge in [0.05, 0.1) is 10.9 Å². The summed E-state index contributed by atoms with van der Waals surface area (Å²) in [6, 6.07) is 11.5. The van der Waals surface area contributed by atoms with Gasteiger partial charge in [0.2, 0.25) is 15.9 Å². The molecule has 1 saturated heterocycles. The van der Waals surface area contributed by atoms with Gasteiger partial charge >= 0.3 is 0 Å². The fourth-order valence-electron chi connectivity index (χ4n) is 4.30. The molecule has 30 heavy (non-hydrogen) atoms. The van der Waals surface area contributed by atoms with E-state index in [1.807, 2.05) is 64.1 Å². The zero-order valence-electron chi connectivity index (χ0n) is 17.9. The van der Waals surface area contributed by atoms with Crippen LogP contribution in [0.15, 0.2) is 45.8 Å². The van der Waals surface area contributed by atoms with Gasteiger partial charge in [-0.1, -0.05) is 51.8 Å². The number of piperidine rings is 1. The first-order valence-electron chi connectivity index (χ1n) is 10.2. The molecule has 1 heterocycles. The summed E-state index contributed by atoms with van der Waals surface area (Å²) in [6.45, 7) is 8.33. The fourth-order valence-corrected chi connectivity index (χ4v) is 6.81. The van der Waals surface area contributed by atoms with Crippen molar-refractivity contribution in [2.75, 3.05) is 13.1 Å². The minimum Gasteiger partial charge on any atom is -0.349 e. The van der Waals surface area contributed by atoms with Crippen LogP contribution >= 0.6 is 15.9 Å². The second kappa shape index (κ2) is 9.20. The standard InChI is InChI=1S/C23H29BrN2O3S/c1-15-13-16(2)22(17(3)14-15)30(28,29)26-11-9-19(10-12-26)23(27)25-18(4)20-7-5-6-8-21(20)24/h5-8,13-14,18-19H,9-12H2,1-4H3,(H,25,27). The largest absolute Gasteiger partial charge is 0.349 e. The number of amides is 1. The molecular weight excluding hydrogens is 464 g/mol. The summed E-state index contributed by atoms with van der Waals surface area (Å²) in [5.74, 6) is -0.195. The number of carbonyl (C=O) groups is 1. The van der Waals surface area contributed by atoms with Crippen molar-refractivity contribution in [3.63, 3.8) is 0 Å². The SMILES string of the molecule is Cc1cc(C)c(S(=O)(=O)N2CCC(C(=O)NC(C)c3ccccc3Br)CC2)c(C)c1. The average molecular weight is 493 g/mol. The van der Waals surface area contributed by atoms with Crippen LogP contribution in [0.3, 0.4) is 0 Å². The molecule has 1 aliphatic rings. The molecule has 2 aromatic rings. The summed E-state index contributed by atoms with van der Waals surface area (Å²) >= 11 is 3.53. The number of hydrogen-bond donors (Lipinski definition) is 1. The molecule has 3 rings (SSSR count). The highest BCUT2D eigenvalue weighted by molar-refractivity contribution is 9.10. The van der Waals surface area contributed by atoms with Crippen molar-refractivity contribution in [1.29, 1.82) is 0 Å². The van der Waals surface area contributed by atoms with Crippen molar-refractivity contribution in [3.8, 4) is 0 Å². The predicted molar refractivity (Wildman–Crippen MR) is 123 cm³/mol. The molecule has 1 atom stereocenters. The molecule has 1 unspecified atom stereocenters. The maximum absolute atomic E-state index is 13.2. The number of halogens is 1. The van der Waals surface area contributed by atoms with E-state index in [0.717, 1.165) is 26.7 Å². The third-order valence-corrected chi connectivity index (χ3v) is 8.68. The Balaban J connectivity index is 1.66. The van der Waals surface area contributed by atoms with Gasteiger partial charge in [-0.2, -0.15) is 4.31 Å². The average Bonchev–Trinajstić information content (AvgIpc) is 2.67. The highest BCUT2D eigenvalue weighted by atomic mass is 79.9. The van der Waals surface area contributed by atoms with Gasteiger partial charge in [-0.3, -0.25) is 4.79 Å². The van der Waals surface area contributed by atoms with E-state index >= 15 is 0 Å². The molecule has 0 radical (unpaired) electrons. The highest BCUT2D eigenvalue weighted by Gasteiger charge is 2.34. The van der Waals surface area contributed by atoms with Crippen molar-refractivity contribution in [1.82, 2.24) is 9.62 Å². The number of sulfonamides is 1. The van der Waals surface area contributed by atoms with Gasteiger partial charge in [-0.15, -0.1) is 0 Å². The normalized spacial score (nSPS) is 17.0. The molecule has 1 amide bonds. The van der Waals surface area contributed by atoms with Crippen LogP contribution in [0.4, 0.5) is 0 Å². The Bertz CT molecular complexity index is 1020. The van der Waals surface area contributed by atoms with E-state index in [2.05, 4.69) is 21.2 Å². The molecule has 1 fully saturated rings. The monoisotopic (exact) mass is 492 g/mol. The second-order valence-electron chi connectivity index (χ2n) is 8.16. The van der Waals surface area contributed by atoms with E-state index in [-0.39, 0.29) is 17.9 Å². The summed E-state index contributed by atoms with van der Waals surface area (Å²) < 4.78 is 29.0. The predicted octanol–water partition coefficient (Wildman–Crippen LogP) is 4.65. The summed E-state index contributed by atoms with van der Waals surface area (Å²) in [4.78, 5) is 13.2. The van der Waals surface area contributed by atoms with Crippen molar-refractivity contribution in [2.24, 2.45) is 5.92 Å². The lowest BCUT2D eigenvalue weighted by atomic mass is 9.96. The van der Waals surface area contributed by atoms with Crippen molar-refractivity contribution in [3.05, 3.63) is 63.1 Å². The van der Waals surface area contributed by atoms with Gasteiger partial charge in [0.25, 0.3) is 0 Å². The number of hydrogen-bond acceptors (Lipinski definition) is 3. The molecule has 0 saturated carbocycles. The molecule has 2 aromatic carbocycles. The van der Waals surface area contributed by atoms with Crippen LogP contribution < -0.4 is 5.32 Å². The van der Waals surface area contributed by atoms with Crippen molar-refractivity contribution >= 4 is 31.9 Å². The van der Waals surface area contributed by atoms with E-state index in [0.29, 0.717) is 30.8 Å². The Labute approximate surface area is 188 Å². The van der Waals surface area contributed by atoms with Crippen LogP contribution in [0.5, 0.6) is 0 Å². The van der Waals surface area contributed by atoms with Gasteiger partial charge < -0.3 is 5.32 Å². The summed E-state index contributed by atoms with van der Waals surface area (Å²) in [7, 11) is -3.57. The Hall–Kier alpha value is -1.70. The number of aryl methyl sites for hydroxylation is 3. The molecule has 0 spiro atoms. The van der Waals surface area contributed by atoms with Crippen LogP contribution in [0, 0.1) is 26.7 Å². The number of benzene rings is 2. The molecule has 7 heteroatoms. The Morgan fingerprint density at radius 1 is 1.10 bits per heavy atom. The van der Waals surface area contributed by atoms with Gasteiger partial charge in [0, 0.05) is 23.5 Å². The molecule has 5 nitrogen and oxygen atoms in total. The summed E-state index contributed by atoms with van der Waals surface area (Å²) in [5, 5.41) is 3.08. The van der Waals surface area contributed by atoms with E-state index in [1.165, 1.54) is 4.31 Å². The first-order chi connectivity index (χ1) is 14.1. The van der Waals surface area contributed by atoms with Gasteiger partial charge in [-0.05, 0) is 63.3 Å². The van der Waals surface area contributed by atoms with Crippen LogP contribution in [0.2, 0.25) is 0 Å². The second-order valence-corrected chi connectivity index (χ2v) is 10.9. The van der Waals surface area contributed by atoms with E-state index in [9.17, 15) is 13.2 Å². The lowest BCUT2D eigenvalue weighted by Crippen LogP contribution is -2.43. The lowest BCUT2D eigenvalue weighted by Gasteiger charge is -2.32. The summed E-state index contributed by atoms with van der Waals surface area (Å²) in [5.41, 5.74) is 3.62. The lowest BCUT2D eigenvalue weighted by molar-refractivity contribution is -0.126. The maximum atomic E-state index is 13.2. The van der Waals surface area contributed by atoms with Gasteiger partial charge in [-0.25, -0.2) is 8.42 Å². The Morgan fingerprint density at radius 3 is 2.23 bits per heavy atom. The third-order valence-electron chi connectivity index (χ3n) is 5.76. The van der Waals surface area contributed by atoms with Crippen LogP contribution in [0.1, 0.15) is 48.1 Å². The van der Waals surface area contributed by atoms with Gasteiger partial charge in [0.15, 0.2) is 0 Å². The van der Waals surface area contributed by atoms with E-state index in [4.69, 9.17) is 0 Å². The zero-order valence-corrected chi connectivity index (χ0v) is 20.3. The van der Waals surface area contributed by atoms with Crippen LogP contribution in [-0.2, 0) is 14.8 Å². The number of carbonyl (C=O) groups excluding carboxylic acids is 1. The first kappa shape index (κ1) is 23.0. The fraction of sp³-hybridized carbons (Fsp3) is 0.435. The number of nitrogens with zero attached hydrogens (tertiary/aromatic N) is 1. The number of nitrogens with one attached hydrogen (secondary N) is 1. The molecule has 1 aliphatic heterocycles. The molecular formula is C23H29BrN2O3S. The van der Waals surface area contributed by atoms with Crippen LogP contribution in [0.25, 0.3) is 0 Å². The molecule has 162 valence electrons. The molecule has 0 bridgehead atoms. The Kier molecular flexibility index (Phi) is 7.05. The molecule has 0 aromatic heterocycles.